The van der Waals surface area contributed by atoms with Gasteiger partial charge in [-0.3, -0.25) is 9.59 Å². The van der Waals surface area contributed by atoms with E-state index >= 15 is 0 Å². The van der Waals surface area contributed by atoms with Gasteiger partial charge in [0.25, 0.3) is 5.91 Å². The number of ether oxygens (including phenoxy) is 3. The molecule has 0 saturated carbocycles. The largest absolute Gasteiger partial charge is 0.496 e. The van der Waals surface area contributed by atoms with Gasteiger partial charge in [-0.25, -0.2) is 0 Å². The third-order valence-corrected chi connectivity index (χ3v) is 4.08. The highest BCUT2D eigenvalue weighted by Crippen LogP contribution is 2.30. The van der Waals surface area contributed by atoms with E-state index in [1.807, 2.05) is 24.3 Å². The van der Waals surface area contributed by atoms with Gasteiger partial charge in [0.15, 0.2) is 11.5 Å². The average Bonchev–Trinajstić information content (AvgIpc) is 2.72. The molecule has 0 bridgehead atoms. The molecule has 1 heterocycles. The Morgan fingerprint density at radius 3 is 2.63 bits per heavy atom. The van der Waals surface area contributed by atoms with Gasteiger partial charge in [-0.2, -0.15) is 0 Å². The Bertz CT molecular complexity index is 808. The van der Waals surface area contributed by atoms with Gasteiger partial charge in [-0.05, 0) is 24.3 Å². The zero-order chi connectivity index (χ0) is 19.1. The maximum Gasteiger partial charge on any atom is 0.255 e. The highest BCUT2D eigenvalue weighted by Gasteiger charge is 2.21. The van der Waals surface area contributed by atoms with Crippen LogP contribution in [0.4, 0.5) is 0 Å². The van der Waals surface area contributed by atoms with Crippen LogP contribution >= 0.6 is 0 Å². The average molecular weight is 370 g/mol. The van der Waals surface area contributed by atoms with Crippen molar-refractivity contribution in [2.45, 2.75) is 12.5 Å². The number of nitrogens with one attached hydrogen (secondary N) is 2. The van der Waals surface area contributed by atoms with E-state index in [4.69, 9.17) is 14.2 Å². The van der Waals surface area contributed by atoms with E-state index in [0.717, 1.165) is 0 Å². The van der Waals surface area contributed by atoms with Crippen molar-refractivity contribution in [3.05, 3.63) is 54.1 Å². The Labute approximate surface area is 157 Å². The maximum atomic E-state index is 12.2. The normalized spacial score (nSPS) is 14.9. The lowest BCUT2D eigenvalue weighted by molar-refractivity contribution is -0.121. The molecule has 1 aliphatic heterocycles. The van der Waals surface area contributed by atoms with Crippen LogP contribution in [0, 0.1) is 0 Å². The SMILES string of the molecule is COc1ccccc1C(=O)NCCC(=O)NCC1COc2ccccc2O1. The maximum absolute atomic E-state index is 12.2. The minimum absolute atomic E-state index is 0.169. The fraction of sp³-hybridized carbons (Fsp3) is 0.300. The molecule has 0 aromatic heterocycles. The lowest BCUT2D eigenvalue weighted by atomic mass is 10.2. The second-order valence-electron chi connectivity index (χ2n) is 6.01. The van der Waals surface area contributed by atoms with E-state index in [1.54, 1.807) is 24.3 Å². The lowest BCUT2D eigenvalue weighted by Gasteiger charge is -2.26. The molecule has 0 aliphatic carbocycles. The fourth-order valence-corrected chi connectivity index (χ4v) is 2.70. The van der Waals surface area contributed by atoms with Gasteiger partial charge in [0.05, 0.1) is 19.2 Å². The number of hydrogen-bond acceptors (Lipinski definition) is 5. The van der Waals surface area contributed by atoms with Crippen molar-refractivity contribution >= 4 is 11.8 Å². The summed E-state index contributed by atoms with van der Waals surface area (Å²) in [6.07, 6.45) is -0.0718. The van der Waals surface area contributed by atoms with E-state index in [9.17, 15) is 9.59 Å². The lowest BCUT2D eigenvalue weighted by Crippen LogP contribution is -2.41. The highest BCUT2D eigenvalue weighted by molar-refractivity contribution is 5.97. The Kier molecular flexibility index (Phi) is 6.14. The summed E-state index contributed by atoms with van der Waals surface area (Å²) in [4.78, 5) is 24.2. The number of fused-ring (bicyclic) bond motifs is 1. The van der Waals surface area contributed by atoms with Gasteiger partial charge in [0.2, 0.25) is 5.91 Å². The molecule has 1 aliphatic rings. The van der Waals surface area contributed by atoms with E-state index in [2.05, 4.69) is 10.6 Å². The van der Waals surface area contributed by atoms with Crippen LogP contribution in [0.2, 0.25) is 0 Å². The van der Waals surface area contributed by atoms with Gasteiger partial charge in [-0.15, -0.1) is 0 Å². The number of carbonyl (C=O) groups is 2. The Morgan fingerprint density at radius 1 is 1.07 bits per heavy atom. The first-order valence-electron chi connectivity index (χ1n) is 8.74. The summed E-state index contributed by atoms with van der Waals surface area (Å²) >= 11 is 0. The number of methoxy groups -OCH3 is 1. The molecule has 0 radical (unpaired) electrons. The van der Waals surface area contributed by atoms with Crippen LogP contribution in [-0.2, 0) is 4.79 Å². The minimum atomic E-state index is -0.277. The molecular weight excluding hydrogens is 348 g/mol. The zero-order valence-electron chi connectivity index (χ0n) is 15.1. The van der Waals surface area contributed by atoms with Crippen LogP contribution in [-0.4, -0.2) is 44.7 Å². The monoisotopic (exact) mass is 370 g/mol. The molecule has 2 N–H and O–H groups in total. The van der Waals surface area contributed by atoms with E-state index in [0.29, 0.717) is 36.0 Å². The summed E-state index contributed by atoms with van der Waals surface area (Å²) in [6.45, 7) is 0.947. The summed E-state index contributed by atoms with van der Waals surface area (Å²) in [6, 6.07) is 14.4. The summed E-state index contributed by atoms with van der Waals surface area (Å²) in [7, 11) is 1.51. The Hall–Kier alpha value is -3.22. The van der Waals surface area contributed by atoms with Crippen LogP contribution < -0.4 is 24.8 Å². The van der Waals surface area contributed by atoms with Crippen LogP contribution in [0.15, 0.2) is 48.5 Å². The van der Waals surface area contributed by atoms with Gasteiger partial charge in [0.1, 0.15) is 18.5 Å². The summed E-state index contributed by atoms with van der Waals surface area (Å²) in [5.74, 6) is 1.43. The van der Waals surface area contributed by atoms with Crippen molar-refractivity contribution in [3.8, 4) is 17.2 Å². The van der Waals surface area contributed by atoms with E-state index < -0.39 is 0 Å². The van der Waals surface area contributed by atoms with Gasteiger partial charge in [-0.1, -0.05) is 24.3 Å². The molecule has 2 aromatic rings. The summed E-state index contributed by atoms with van der Waals surface area (Å²) in [5.41, 5.74) is 0.437. The molecule has 2 aromatic carbocycles. The number of para-hydroxylation sites is 3. The van der Waals surface area contributed by atoms with Gasteiger partial charge < -0.3 is 24.8 Å². The molecule has 1 unspecified atom stereocenters. The Balaban J connectivity index is 1.38. The molecule has 3 rings (SSSR count). The quantitative estimate of drug-likeness (QED) is 0.776. The third-order valence-electron chi connectivity index (χ3n) is 4.08. The number of benzene rings is 2. The molecule has 1 atom stereocenters. The van der Waals surface area contributed by atoms with Crippen molar-refractivity contribution in [2.24, 2.45) is 0 Å². The second kappa shape index (κ2) is 8.93. The predicted octanol–water partition coefficient (Wildman–Crippen LogP) is 1.77. The van der Waals surface area contributed by atoms with E-state index in [1.165, 1.54) is 7.11 Å². The third kappa shape index (κ3) is 4.91. The molecule has 2 amide bonds. The molecule has 27 heavy (non-hydrogen) atoms. The second-order valence-corrected chi connectivity index (χ2v) is 6.01. The van der Waals surface area contributed by atoms with Crippen molar-refractivity contribution < 1.29 is 23.8 Å². The zero-order valence-corrected chi connectivity index (χ0v) is 15.1. The smallest absolute Gasteiger partial charge is 0.255 e. The van der Waals surface area contributed by atoms with Crippen LogP contribution in [0.3, 0.4) is 0 Å². The topological polar surface area (TPSA) is 85.9 Å². The van der Waals surface area contributed by atoms with Crippen LogP contribution in [0.1, 0.15) is 16.8 Å². The highest BCUT2D eigenvalue weighted by atomic mass is 16.6. The number of carbonyl (C=O) groups excluding carboxylic acids is 2. The van der Waals surface area contributed by atoms with Crippen molar-refractivity contribution in [2.75, 3.05) is 26.8 Å². The molecule has 7 heteroatoms. The standard InChI is InChI=1S/C20H22N2O5/c1-25-16-7-3-2-6-15(16)20(24)21-11-10-19(23)22-12-14-13-26-17-8-4-5-9-18(17)27-14/h2-9,14H,10-13H2,1H3,(H,21,24)(H,22,23). The van der Waals surface area contributed by atoms with Crippen molar-refractivity contribution in [1.82, 2.24) is 10.6 Å². The number of hydrogen-bond donors (Lipinski definition) is 2. The first kappa shape index (κ1) is 18.6. The summed E-state index contributed by atoms with van der Waals surface area (Å²) < 4.78 is 16.6. The first-order valence-corrected chi connectivity index (χ1v) is 8.74. The predicted molar refractivity (Wildman–Crippen MR) is 99.3 cm³/mol. The van der Waals surface area contributed by atoms with Crippen molar-refractivity contribution in [1.29, 1.82) is 0 Å². The van der Waals surface area contributed by atoms with E-state index in [-0.39, 0.29) is 30.9 Å². The molecule has 0 spiro atoms. The number of rotatable bonds is 7. The molecule has 0 fully saturated rings. The van der Waals surface area contributed by atoms with Gasteiger partial charge in [0, 0.05) is 13.0 Å². The Morgan fingerprint density at radius 2 is 1.81 bits per heavy atom. The van der Waals surface area contributed by atoms with Crippen LogP contribution in [0.25, 0.3) is 0 Å². The fourth-order valence-electron chi connectivity index (χ4n) is 2.70. The number of amides is 2. The summed E-state index contributed by atoms with van der Waals surface area (Å²) in [5, 5.41) is 5.52. The molecule has 142 valence electrons. The molecule has 0 saturated heterocycles. The molecular formula is C20H22N2O5. The van der Waals surface area contributed by atoms with Gasteiger partial charge >= 0.3 is 0 Å². The first-order chi connectivity index (χ1) is 13.2. The minimum Gasteiger partial charge on any atom is -0.496 e. The van der Waals surface area contributed by atoms with Crippen molar-refractivity contribution in [3.63, 3.8) is 0 Å². The van der Waals surface area contributed by atoms with Crippen LogP contribution in [0.5, 0.6) is 17.2 Å². The molecule has 7 nitrogen and oxygen atoms in total.